The molecule has 0 aliphatic carbocycles. The summed E-state index contributed by atoms with van der Waals surface area (Å²) in [6, 6.07) is 0. The number of halogens is 2. The molecule has 0 atom stereocenters. The van der Waals surface area contributed by atoms with E-state index in [1.807, 2.05) is 34.2 Å². The third kappa shape index (κ3) is 5.79. The molecule has 0 N–H and O–H groups in total. The molecule has 2 heterocycles. The molecule has 0 aromatic carbocycles. The van der Waals surface area contributed by atoms with Gasteiger partial charge in [-0.05, 0) is 44.7 Å². The monoisotopic (exact) mass is 402 g/mol. The Bertz CT molecular complexity index is 461. The number of hydrogen-bond donors (Lipinski definition) is 0. The Morgan fingerprint density at radius 2 is 1.10 bits per heavy atom. The molecular weight excluding hydrogens is 384 g/mol. The Kier molecular flexibility index (Phi) is 6.79. The van der Waals surface area contributed by atoms with Crippen molar-refractivity contribution in [2.45, 2.75) is 51.6 Å². The summed E-state index contributed by atoms with van der Waals surface area (Å²) in [5.74, 6) is 0. The van der Waals surface area contributed by atoms with Gasteiger partial charge in [-0.3, -0.25) is 9.36 Å². The molecule has 0 unspecified atom stereocenters. The first-order valence-corrected chi connectivity index (χ1v) is 8.68. The first-order valence-electron chi connectivity index (χ1n) is 7.10. The van der Waals surface area contributed by atoms with E-state index < -0.39 is 0 Å². The van der Waals surface area contributed by atoms with E-state index in [4.69, 9.17) is 0 Å². The lowest BCUT2D eigenvalue weighted by Crippen LogP contribution is -1.99. The van der Waals surface area contributed by atoms with Crippen molar-refractivity contribution in [2.75, 3.05) is 0 Å². The fraction of sp³-hybridized carbons (Fsp3) is 0.571. The maximum absolute atomic E-state index is 4.25. The molecule has 0 radical (unpaired) electrons. The first-order chi connectivity index (χ1) is 9.74. The van der Waals surface area contributed by atoms with Gasteiger partial charge in [0, 0.05) is 25.5 Å². The largest absolute Gasteiger partial charge is 0.272 e. The van der Waals surface area contributed by atoms with Crippen molar-refractivity contribution < 1.29 is 0 Å². The Morgan fingerprint density at radius 3 is 1.45 bits per heavy atom. The van der Waals surface area contributed by atoms with Crippen LogP contribution in [0.25, 0.3) is 0 Å². The highest BCUT2D eigenvalue weighted by Crippen LogP contribution is 2.11. The second-order valence-electron chi connectivity index (χ2n) is 4.96. The minimum absolute atomic E-state index is 1.02. The molecular formula is C14H20Br2N4. The second-order valence-corrected chi connectivity index (χ2v) is 6.80. The maximum Gasteiger partial charge on any atom is 0.0632 e. The maximum atomic E-state index is 4.25. The predicted octanol–water partition coefficient (Wildman–Crippen LogP) is 4.65. The Morgan fingerprint density at radius 1 is 0.700 bits per heavy atom. The summed E-state index contributed by atoms with van der Waals surface area (Å²) in [7, 11) is 0. The number of aryl methyl sites for hydroxylation is 2. The molecule has 20 heavy (non-hydrogen) atoms. The van der Waals surface area contributed by atoms with Gasteiger partial charge in [-0.15, -0.1) is 0 Å². The number of aromatic nitrogens is 4. The first kappa shape index (κ1) is 15.8. The third-order valence-electron chi connectivity index (χ3n) is 3.23. The zero-order chi connectivity index (χ0) is 14.2. The summed E-state index contributed by atoms with van der Waals surface area (Å²) in [4.78, 5) is 0. The lowest BCUT2D eigenvalue weighted by molar-refractivity contribution is 0.502. The van der Waals surface area contributed by atoms with Crippen molar-refractivity contribution in [3.63, 3.8) is 0 Å². The van der Waals surface area contributed by atoms with E-state index in [0.29, 0.717) is 0 Å². The van der Waals surface area contributed by atoms with Gasteiger partial charge in [-0.1, -0.05) is 25.7 Å². The average Bonchev–Trinajstić information content (AvgIpc) is 3.02. The van der Waals surface area contributed by atoms with Crippen LogP contribution in [-0.2, 0) is 13.1 Å². The van der Waals surface area contributed by atoms with Crippen LogP contribution in [-0.4, -0.2) is 19.6 Å². The van der Waals surface area contributed by atoms with Crippen molar-refractivity contribution in [3.05, 3.63) is 33.7 Å². The lowest BCUT2D eigenvalue weighted by atomic mass is 10.1. The summed E-state index contributed by atoms with van der Waals surface area (Å²) in [6.07, 6.45) is 15.3. The zero-order valence-electron chi connectivity index (χ0n) is 11.5. The normalized spacial score (nSPS) is 11.1. The van der Waals surface area contributed by atoms with Gasteiger partial charge < -0.3 is 0 Å². The molecule has 110 valence electrons. The molecule has 0 saturated heterocycles. The predicted molar refractivity (Wildman–Crippen MR) is 87.6 cm³/mol. The fourth-order valence-electron chi connectivity index (χ4n) is 2.18. The molecule has 0 saturated carbocycles. The van der Waals surface area contributed by atoms with E-state index in [-0.39, 0.29) is 0 Å². The Hall–Kier alpha value is -0.620. The zero-order valence-corrected chi connectivity index (χ0v) is 14.7. The Labute approximate surface area is 136 Å². The number of nitrogens with zero attached hydrogens (tertiary/aromatic N) is 4. The van der Waals surface area contributed by atoms with Crippen LogP contribution >= 0.6 is 31.9 Å². The molecule has 2 aromatic heterocycles. The van der Waals surface area contributed by atoms with Crippen LogP contribution < -0.4 is 0 Å². The average molecular weight is 404 g/mol. The van der Waals surface area contributed by atoms with Gasteiger partial charge in [-0.25, -0.2) is 0 Å². The van der Waals surface area contributed by atoms with Crippen molar-refractivity contribution >= 4 is 31.9 Å². The highest BCUT2D eigenvalue weighted by molar-refractivity contribution is 9.10. The van der Waals surface area contributed by atoms with Crippen LogP contribution in [0.4, 0.5) is 0 Å². The molecule has 0 bridgehead atoms. The van der Waals surface area contributed by atoms with E-state index in [1.54, 1.807) is 0 Å². The van der Waals surface area contributed by atoms with Gasteiger partial charge in [0.1, 0.15) is 0 Å². The highest BCUT2D eigenvalue weighted by atomic mass is 79.9. The van der Waals surface area contributed by atoms with Crippen LogP contribution in [0.5, 0.6) is 0 Å². The van der Waals surface area contributed by atoms with E-state index in [2.05, 4.69) is 42.1 Å². The lowest BCUT2D eigenvalue weighted by Gasteiger charge is -2.03. The summed E-state index contributed by atoms with van der Waals surface area (Å²) in [5, 5.41) is 8.51. The number of rotatable bonds is 9. The Balaban J connectivity index is 1.44. The molecule has 4 nitrogen and oxygen atoms in total. The van der Waals surface area contributed by atoms with E-state index in [0.717, 1.165) is 22.0 Å². The fourth-order valence-corrected chi connectivity index (χ4v) is 2.83. The van der Waals surface area contributed by atoms with Crippen molar-refractivity contribution in [2.24, 2.45) is 0 Å². The summed E-state index contributed by atoms with van der Waals surface area (Å²) >= 11 is 6.82. The van der Waals surface area contributed by atoms with Gasteiger partial charge in [0.05, 0.1) is 21.3 Å². The van der Waals surface area contributed by atoms with E-state index in [1.165, 1.54) is 38.5 Å². The van der Waals surface area contributed by atoms with Gasteiger partial charge in [0.25, 0.3) is 0 Å². The molecule has 0 spiro atoms. The quantitative estimate of drug-likeness (QED) is 0.571. The number of unbranched alkanes of at least 4 members (excludes halogenated alkanes) is 5. The summed E-state index contributed by atoms with van der Waals surface area (Å²) < 4.78 is 6.12. The second kappa shape index (κ2) is 8.62. The van der Waals surface area contributed by atoms with Crippen LogP contribution in [0.1, 0.15) is 38.5 Å². The molecule has 2 rings (SSSR count). The third-order valence-corrected chi connectivity index (χ3v) is 4.05. The molecule has 6 heteroatoms. The van der Waals surface area contributed by atoms with Gasteiger partial charge in [-0.2, -0.15) is 10.2 Å². The van der Waals surface area contributed by atoms with Crippen LogP contribution in [0.2, 0.25) is 0 Å². The molecule has 0 amide bonds. The topological polar surface area (TPSA) is 35.6 Å². The summed E-state index contributed by atoms with van der Waals surface area (Å²) in [6.45, 7) is 2.04. The number of hydrogen-bond acceptors (Lipinski definition) is 2. The molecule has 0 aliphatic heterocycles. The molecule has 0 aliphatic rings. The SMILES string of the molecule is Brc1cnn(CCCCCCCCn2cc(Br)cn2)c1. The van der Waals surface area contributed by atoms with Crippen LogP contribution in [0.15, 0.2) is 33.7 Å². The standard InChI is InChI=1S/C14H20Br2N4/c15-13-9-17-19(11-13)7-5-3-1-2-4-6-8-20-12-14(16)10-18-20/h9-12H,1-8H2. The van der Waals surface area contributed by atoms with Gasteiger partial charge in [0.15, 0.2) is 0 Å². The smallest absolute Gasteiger partial charge is 0.0632 e. The van der Waals surface area contributed by atoms with Crippen LogP contribution in [0.3, 0.4) is 0 Å². The summed E-state index contributed by atoms with van der Waals surface area (Å²) in [5.41, 5.74) is 0. The minimum atomic E-state index is 1.02. The van der Waals surface area contributed by atoms with Crippen LogP contribution in [0, 0.1) is 0 Å². The van der Waals surface area contributed by atoms with E-state index in [9.17, 15) is 0 Å². The highest BCUT2D eigenvalue weighted by Gasteiger charge is 1.97. The van der Waals surface area contributed by atoms with Crippen molar-refractivity contribution in [1.29, 1.82) is 0 Å². The molecule has 2 aromatic rings. The van der Waals surface area contributed by atoms with Gasteiger partial charge >= 0.3 is 0 Å². The van der Waals surface area contributed by atoms with Gasteiger partial charge in [0.2, 0.25) is 0 Å². The van der Waals surface area contributed by atoms with Crippen molar-refractivity contribution in [3.8, 4) is 0 Å². The van der Waals surface area contributed by atoms with Crippen molar-refractivity contribution in [1.82, 2.24) is 19.6 Å². The van der Waals surface area contributed by atoms with E-state index >= 15 is 0 Å². The minimum Gasteiger partial charge on any atom is -0.272 e. The molecule has 0 fully saturated rings.